The van der Waals surface area contributed by atoms with Gasteiger partial charge in [0.15, 0.2) is 5.76 Å². The summed E-state index contributed by atoms with van der Waals surface area (Å²) < 4.78 is 5.11. The Balaban J connectivity index is 1.52. The Morgan fingerprint density at radius 3 is 2.23 bits per heavy atom. The Morgan fingerprint density at radius 1 is 1.00 bits per heavy atom. The monoisotopic (exact) mass is 355 g/mol. The predicted octanol–water partition coefficient (Wildman–Crippen LogP) is 1.77. The van der Waals surface area contributed by atoms with Gasteiger partial charge in [-0.2, -0.15) is 0 Å². The lowest BCUT2D eigenvalue weighted by molar-refractivity contribution is -0.144. The number of piperazine rings is 1. The molecule has 26 heavy (non-hydrogen) atoms. The summed E-state index contributed by atoms with van der Waals surface area (Å²) in [5, 5.41) is 2.62. The Hall–Kier alpha value is -3.09. The van der Waals surface area contributed by atoms with Crippen LogP contribution in [0.1, 0.15) is 23.0 Å². The maximum atomic E-state index is 12.3. The van der Waals surface area contributed by atoms with Crippen LogP contribution < -0.4 is 5.32 Å². The number of carbonyl (C=O) groups excluding carboxylic acids is 3. The number of hydrogen-bond donors (Lipinski definition) is 1. The number of aryl methyl sites for hydroxylation is 1. The fourth-order valence-corrected chi connectivity index (χ4v) is 2.82. The molecule has 0 bridgehead atoms. The molecule has 136 valence electrons. The molecule has 2 aromatic rings. The highest BCUT2D eigenvalue weighted by Gasteiger charge is 2.29. The van der Waals surface area contributed by atoms with E-state index >= 15 is 0 Å². The lowest BCUT2D eigenvalue weighted by atomic mass is 10.1. The van der Waals surface area contributed by atoms with Crippen LogP contribution in [-0.2, 0) is 16.0 Å². The van der Waals surface area contributed by atoms with Gasteiger partial charge in [0, 0.05) is 31.9 Å². The summed E-state index contributed by atoms with van der Waals surface area (Å²) in [4.78, 5) is 39.8. The van der Waals surface area contributed by atoms with Gasteiger partial charge in [-0.3, -0.25) is 14.4 Å². The minimum atomic E-state index is -0.667. The second-order valence-electron chi connectivity index (χ2n) is 6.07. The molecule has 1 aromatic heterocycles. The molecule has 1 N–H and O–H groups in total. The molecule has 1 saturated heterocycles. The maximum absolute atomic E-state index is 12.3. The summed E-state index contributed by atoms with van der Waals surface area (Å²) in [6, 6.07) is 10.7. The molecular formula is C19H21N3O4. The molecule has 0 saturated carbocycles. The number of nitrogens with zero attached hydrogens (tertiary/aromatic N) is 2. The van der Waals surface area contributed by atoms with Crippen LogP contribution in [0.25, 0.3) is 0 Å². The van der Waals surface area contributed by atoms with Gasteiger partial charge in [0.05, 0.1) is 6.26 Å². The van der Waals surface area contributed by atoms with Gasteiger partial charge in [-0.25, -0.2) is 0 Å². The predicted molar refractivity (Wildman–Crippen MR) is 95.6 cm³/mol. The fraction of sp³-hybridized carbons (Fsp3) is 0.316. The minimum Gasteiger partial charge on any atom is -0.459 e. The third kappa shape index (κ3) is 3.93. The molecule has 1 aromatic carbocycles. The van der Waals surface area contributed by atoms with Crippen molar-refractivity contribution in [2.75, 3.05) is 31.5 Å². The quantitative estimate of drug-likeness (QED) is 0.851. The number of anilines is 1. The van der Waals surface area contributed by atoms with E-state index in [0.29, 0.717) is 31.9 Å². The van der Waals surface area contributed by atoms with Gasteiger partial charge in [0.2, 0.25) is 0 Å². The van der Waals surface area contributed by atoms with E-state index in [2.05, 4.69) is 5.32 Å². The zero-order valence-corrected chi connectivity index (χ0v) is 14.6. The topological polar surface area (TPSA) is 82.9 Å². The van der Waals surface area contributed by atoms with Gasteiger partial charge >= 0.3 is 11.8 Å². The second-order valence-corrected chi connectivity index (χ2v) is 6.07. The van der Waals surface area contributed by atoms with Gasteiger partial charge in [-0.05, 0) is 36.2 Å². The molecule has 0 radical (unpaired) electrons. The van der Waals surface area contributed by atoms with Crippen LogP contribution in [0.15, 0.2) is 47.1 Å². The van der Waals surface area contributed by atoms with Crippen LogP contribution in [0.3, 0.4) is 0 Å². The van der Waals surface area contributed by atoms with E-state index in [4.69, 9.17) is 4.42 Å². The summed E-state index contributed by atoms with van der Waals surface area (Å²) in [6.07, 6.45) is 2.36. The molecule has 2 heterocycles. The first-order valence-corrected chi connectivity index (χ1v) is 8.60. The molecule has 0 aliphatic carbocycles. The van der Waals surface area contributed by atoms with Gasteiger partial charge in [-0.1, -0.05) is 19.1 Å². The third-order valence-electron chi connectivity index (χ3n) is 4.40. The first-order valence-electron chi connectivity index (χ1n) is 8.60. The lowest BCUT2D eigenvalue weighted by Gasteiger charge is -2.33. The van der Waals surface area contributed by atoms with Crippen LogP contribution in [0, 0.1) is 0 Å². The molecule has 0 unspecified atom stereocenters. The van der Waals surface area contributed by atoms with Crippen molar-refractivity contribution in [3.63, 3.8) is 0 Å². The number of amides is 3. The van der Waals surface area contributed by atoms with Gasteiger partial charge < -0.3 is 19.5 Å². The zero-order chi connectivity index (χ0) is 18.5. The minimum absolute atomic E-state index is 0.206. The highest BCUT2D eigenvalue weighted by molar-refractivity contribution is 6.39. The van der Waals surface area contributed by atoms with Crippen molar-refractivity contribution in [1.29, 1.82) is 0 Å². The first kappa shape index (κ1) is 17.7. The highest BCUT2D eigenvalue weighted by atomic mass is 16.3. The van der Waals surface area contributed by atoms with E-state index in [9.17, 15) is 14.4 Å². The second kappa shape index (κ2) is 7.86. The average Bonchev–Trinajstić information content (AvgIpc) is 3.22. The average molecular weight is 355 g/mol. The number of hydrogen-bond acceptors (Lipinski definition) is 4. The van der Waals surface area contributed by atoms with Gasteiger partial charge in [0.1, 0.15) is 0 Å². The summed E-state index contributed by atoms with van der Waals surface area (Å²) in [7, 11) is 0. The van der Waals surface area contributed by atoms with Crippen molar-refractivity contribution in [1.82, 2.24) is 9.80 Å². The maximum Gasteiger partial charge on any atom is 0.313 e. The lowest BCUT2D eigenvalue weighted by Crippen LogP contribution is -2.52. The smallest absolute Gasteiger partial charge is 0.313 e. The molecule has 1 fully saturated rings. The molecule has 7 heteroatoms. The van der Waals surface area contributed by atoms with Crippen LogP contribution >= 0.6 is 0 Å². The number of furan rings is 1. The Labute approximate surface area is 151 Å². The van der Waals surface area contributed by atoms with Crippen LogP contribution in [0.2, 0.25) is 0 Å². The van der Waals surface area contributed by atoms with Crippen LogP contribution in [-0.4, -0.2) is 53.7 Å². The van der Waals surface area contributed by atoms with Crippen molar-refractivity contribution in [2.24, 2.45) is 0 Å². The van der Waals surface area contributed by atoms with E-state index in [1.54, 1.807) is 29.2 Å². The van der Waals surface area contributed by atoms with E-state index in [-0.39, 0.29) is 11.7 Å². The van der Waals surface area contributed by atoms with Crippen molar-refractivity contribution in [3.05, 3.63) is 54.0 Å². The Bertz CT molecular complexity index is 776. The summed E-state index contributed by atoms with van der Waals surface area (Å²) >= 11 is 0. The molecule has 3 amide bonds. The van der Waals surface area contributed by atoms with Crippen molar-refractivity contribution in [2.45, 2.75) is 13.3 Å². The number of benzene rings is 1. The van der Waals surface area contributed by atoms with Crippen molar-refractivity contribution in [3.8, 4) is 0 Å². The van der Waals surface area contributed by atoms with Crippen molar-refractivity contribution >= 4 is 23.4 Å². The molecule has 7 nitrogen and oxygen atoms in total. The largest absolute Gasteiger partial charge is 0.459 e. The molecule has 0 atom stereocenters. The Morgan fingerprint density at radius 2 is 1.65 bits per heavy atom. The normalized spacial score (nSPS) is 14.2. The molecule has 3 rings (SSSR count). The summed E-state index contributed by atoms with van der Waals surface area (Å²) in [5.74, 6) is -1.18. The summed E-state index contributed by atoms with van der Waals surface area (Å²) in [6.45, 7) is 3.40. The highest BCUT2D eigenvalue weighted by Crippen LogP contribution is 2.12. The Kier molecular flexibility index (Phi) is 5.36. The van der Waals surface area contributed by atoms with Crippen LogP contribution in [0.4, 0.5) is 5.69 Å². The summed E-state index contributed by atoms with van der Waals surface area (Å²) in [5.41, 5.74) is 1.75. The fourth-order valence-electron chi connectivity index (χ4n) is 2.82. The molecule has 1 aliphatic heterocycles. The standard InChI is InChI=1S/C19H21N3O4/c1-2-14-5-7-15(8-6-14)20-17(23)19(25)22-11-9-21(10-12-22)18(24)16-4-3-13-26-16/h3-8,13H,2,9-12H2,1H3,(H,20,23). The number of nitrogens with one attached hydrogen (secondary N) is 1. The third-order valence-corrected chi connectivity index (χ3v) is 4.40. The van der Waals surface area contributed by atoms with Crippen molar-refractivity contribution < 1.29 is 18.8 Å². The molecular weight excluding hydrogens is 334 g/mol. The SMILES string of the molecule is CCc1ccc(NC(=O)C(=O)N2CCN(C(=O)c3ccco3)CC2)cc1. The van der Waals surface area contributed by atoms with Gasteiger partial charge in [-0.15, -0.1) is 0 Å². The first-order chi connectivity index (χ1) is 12.6. The number of rotatable bonds is 3. The zero-order valence-electron chi connectivity index (χ0n) is 14.6. The van der Waals surface area contributed by atoms with E-state index in [0.717, 1.165) is 12.0 Å². The van der Waals surface area contributed by atoms with Crippen LogP contribution in [0.5, 0.6) is 0 Å². The molecule has 1 aliphatic rings. The van der Waals surface area contributed by atoms with E-state index in [1.165, 1.54) is 11.2 Å². The van der Waals surface area contributed by atoms with E-state index < -0.39 is 11.8 Å². The number of carbonyl (C=O) groups is 3. The van der Waals surface area contributed by atoms with E-state index in [1.807, 2.05) is 19.1 Å². The van der Waals surface area contributed by atoms with Gasteiger partial charge in [0.25, 0.3) is 5.91 Å². The molecule has 0 spiro atoms.